The Bertz CT molecular complexity index is 641. The van der Waals surface area contributed by atoms with Gasteiger partial charge in [-0.3, -0.25) is 9.69 Å². The van der Waals surface area contributed by atoms with Gasteiger partial charge in [0.15, 0.2) is 16.6 Å². The van der Waals surface area contributed by atoms with Crippen molar-refractivity contribution in [1.82, 2.24) is 9.80 Å². The number of quaternary nitrogens is 1. The number of ether oxygens (including phenoxy) is 2. The highest BCUT2D eigenvalue weighted by molar-refractivity contribution is 7.80. The van der Waals surface area contributed by atoms with E-state index in [0.29, 0.717) is 36.1 Å². The standard InChI is InChI=1S/C18H25N3O3S/c1-19(2)6-5-7-20-17(22)14-8-12-9-15(23-3)16(24-4)10-13(12)11-21(14)18(20)25/h9-10,14H,5-8,11H2,1-4H3/p+1/t14-/m1/s1. The summed E-state index contributed by atoms with van der Waals surface area (Å²) in [6.45, 7) is 2.35. The van der Waals surface area contributed by atoms with E-state index in [1.807, 2.05) is 12.1 Å². The number of nitrogens with zero attached hydrogens (tertiary/aromatic N) is 2. The molecule has 0 saturated carbocycles. The molecule has 2 aliphatic rings. The largest absolute Gasteiger partial charge is 0.493 e. The molecule has 6 nitrogen and oxygen atoms in total. The molecule has 1 fully saturated rings. The van der Waals surface area contributed by atoms with Crippen LogP contribution in [0.1, 0.15) is 17.5 Å². The molecule has 136 valence electrons. The van der Waals surface area contributed by atoms with E-state index in [4.69, 9.17) is 21.7 Å². The number of methoxy groups -OCH3 is 2. The number of thiocarbonyl (C=S) groups is 1. The third-order valence-corrected chi connectivity index (χ3v) is 5.38. The lowest BCUT2D eigenvalue weighted by Crippen LogP contribution is -3.05. The minimum absolute atomic E-state index is 0.124. The van der Waals surface area contributed by atoms with Crippen LogP contribution in [0.15, 0.2) is 12.1 Å². The molecule has 1 amide bonds. The lowest BCUT2D eigenvalue weighted by Gasteiger charge is -2.31. The molecular formula is C18H26N3O3S+. The molecule has 0 bridgehead atoms. The van der Waals surface area contributed by atoms with Gasteiger partial charge in [-0.25, -0.2) is 0 Å². The molecule has 0 spiro atoms. The molecule has 3 rings (SSSR count). The van der Waals surface area contributed by atoms with Crippen LogP contribution in [-0.2, 0) is 17.8 Å². The molecule has 1 aromatic rings. The van der Waals surface area contributed by atoms with E-state index in [9.17, 15) is 4.79 Å². The molecular weight excluding hydrogens is 338 g/mol. The Morgan fingerprint density at radius 3 is 2.44 bits per heavy atom. The summed E-state index contributed by atoms with van der Waals surface area (Å²) in [6.07, 6.45) is 1.60. The molecule has 7 heteroatoms. The van der Waals surface area contributed by atoms with Gasteiger partial charge in [0, 0.05) is 25.9 Å². The fraction of sp³-hybridized carbons (Fsp3) is 0.556. The lowest BCUT2D eigenvalue weighted by atomic mass is 9.94. The van der Waals surface area contributed by atoms with Gasteiger partial charge in [0.25, 0.3) is 5.91 Å². The van der Waals surface area contributed by atoms with Gasteiger partial charge in [-0.15, -0.1) is 0 Å². The zero-order valence-electron chi connectivity index (χ0n) is 15.3. The Labute approximate surface area is 154 Å². The van der Waals surface area contributed by atoms with Crippen molar-refractivity contribution in [1.29, 1.82) is 0 Å². The van der Waals surface area contributed by atoms with Crippen LogP contribution >= 0.6 is 12.2 Å². The summed E-state index contributed by atoms with van der Waals surface area (Å²) >= 11 is 5.60. The van der Waals surface area contributed by atoms with Crippen molar-refractivity contribution in [2.75, 3.05) is 41.4 Å². The zero-order valence-corrected chi connectivity index (χ0v) is 16.1. The van der Waals surface area contributed by atoms with Crippen molar-refractivity contribution in [3.8, 4) is 11.5 Å². The maximum absolute atomic E-state index is 12.8. The molecule has 1 saturated heterocycles. The van der Waals surface area contributed by atoms with Gasteiger partial charge >= 0.3 is 0 Å². The van der Waals surface area contributed by atoms with Crippen molar-refractivity contribution < 1.29 is 19.2 Å². The second-order valence-electron chi connectivity index (χ2n) is 6.91. The highest BCUT2D eigenvalue weighted by atomic mass is 32.1. The smallest absolute Gasteiger partial charge is 0.251 e. The SMILES string of the molecule is COc1cc2c(cc1OC)CN1C(=S)N(CCC[NH+](C)C)C(=O)[C@H]1C2. The minimum atomic E-state index is -0.190. The predicted octanol–water partition coefficient (Wildman–Crippen LogP) is 0.0922. The Balaban J connectivity index is 1.80. The summed E-state index contributed by atoms with van der Waals surface area (Å²) in [5, 5.41) is 0.657. The molecule has 25 heavy (non-hydrogen) atoms. The van der Waals surface area contributed by atoms with E-state index < -0.39 is 0 Å². The predicted molar refractivity (Wildman–Crippen MR) is 99.2 cm³/mol. The van der Waals surface area contributed by atoms with Gasteiger partial charge in [0.1, 0.15) is 6.04 Å². The number of benzene rings is 1. The normalized spacial score (nSPS) is 19.3. The van der Waals surface area contributed by atoms with Crippen LogP contribution in [0.2, 0.25) is 0 Å². The number of hydrogen-bond acceptors (Lipinski definition) is 4. The van der Waals surface area contributed by atoms with E-state index in [-0.39, 0.29) is 11.9 Å². The molecule has 0 unspecified atom stereocenters. The zero-order chi connectivity index (χ0) is 18.1. The number of nitrogens with one attached hydrogen (secondary N) is 1. The van der Waals surface area contributed by atoms with Crippen molar-refractivity contribution in [2.24, 2.45) is 0 Å². The average Bonchev–Trinajstić information content (AvgIpc) is 2.82. The molecule has 2 aliphatic heterocycles. The van der Waals surface area contributed by atoms with Gasteiger partial charge in [0.05, 0.1) is 34.9 Å². The van der Waals surface area contributed by atoms with Crippen molar-refractivity contribution in [2.45, 2.75) is 25.4 Å². The molecule has 0 aromatic heterocycles. The van der Waals surface area contributed by atoms with E-state index >= 15 is 0 Å². The fourth-order valence-electron chi connectivity index (χ4n) is 3.56. The van der Waals surface area contributed by atoms with Crippen LogP contribution in [-0.4, -0.2) is 68.3 Å². The Kier molecular flexibility index (Phi) is 5.15. The topological polar surface area (TPSA) is 46.5 Å². The maximum Gasteiger partial charge on any atom is 0.251 e. The first-order valence-corrected chi connectivity index (χ1v) is 9.02. The molecule has 1 aromatic carbocycles. The number of rotatable bonds is 6. The number of fused-ring (bicyclic) bond motifs is 2. The van der Waals surface area contributed by atoms with E-state index in [2.05, 4.69) is 19.0 Å². The number of hydrogen-bond donors (Lipinski definition) is 1. The van der Waals surface area contributed by atoms with Crippen LogP contribution < -0.4 is 14.4 Å². The van der Waals surface area contributed by atoms with Crippen LogP contribution in [0.5, 0.6) is 11.5 Å². The molecule has 1 N–H and O–H groups in total. The van der Waals surface area contributed by atoms with Crippen LogP contribution in [0.25, 0.3) is 0 Å². The molecule has 1 atom stereocenters. The highest BCUT2D eigenvalue weighted by Crippen LogP contribution is 2.37. The Hall–Kier alpha value is -1.86. The first kappa shape index (κ1) is 17.9. The quantitative estimate of drug-likeness (QED) is 0.725. The monoisotopic (exact) mass is 364 g/mol. The Morgan fingerprint density at radius 2 is 1.84 bits per heavy atom. The molecule has 0 radical (unpaired) electrons. The van der Waals surface area contributed by atoms with Crippen LogP contribution in [0, 0.1) is 0 Å². The van der Waals surface area contributed by atoms with Crippen LogP contribution in [0.4, 0.5) is 0 Å². The maximum atomic E-state index is 12.8. The summed E-state index contributed by atoms with van der Waals surface area (Å²) in [7, 11) is 7.49. The van der Waals surface area contributed by atoms with E-state index in [0.717, 1.165) is 24.1 Å². The number of carbonyl (C=O) groups is 1. The van der Waals surface area contributed by atoms with Crippen molar-refractivity contribution in [3.63, 3.8) is 0 Å². The van der Waals surface area contributed by atoms with E-state index in [1.165, 1.54) is 4.90 Å². The highest BCUT2D eigenvalue weighted by Gasteiger charge is 2.44. The summed E-state index contributed by atoms with van der Waals surface area (Å²) in [4.78, 5) is 18.1. The van der Waals surface area contributed by atoms with Gasteiger partial charge in [-0.1, -0.05) is 0 Å². The summed E-state index contributed by atoms with van der Waals surface area (Å²) in [5.41, 5.74) is 2.28. The first-order valence-electron chi connectivity index (χ1n) is 8.61. The molecule has 2 heterocycles. The van der Waals surface area contributed by atoms with Gasteiger partial charge < -0.3 is 19.3 Å². The van der Waals surface area contributed by atoms with Gasteiger partial charge in [-0.05, 0) is 35.5 Å². The minimum Gasteiger partial charge on any atom is -0.493 e. The Morgan fingerprint density at radius 1 is 1.20 bits per heavy atom. The second kappa shape index (κ2) is 7.17. The second-order valence-corrected chi connectivity index (χ2v) is 7.27. The number of carbonyl (C=O) groups excluding carboxylic acids is 1. The van der Waals surface area contributed by atoms with Crippen LogP contribution in [0.3, 0.4) is 0 Å². The first-order chi connectivity index (χ1) is 12.0. The summed E-state index contributed by atoms with van der Waals surface area (Å²) < 4.78 is 10.8. The van der Waals surface area contributed by atoms with E-state index in [1.54, 1.807) is 19.1 Å². The third kappa shape index (κ3) is 3.30. The summed E-state index contributed by atoms with van der Waals surface area (Å²) in [5.74, 6) is 1.54. The average molecular weight is 364 g/mol. The van der Waals surface area contributed by atoms with Gasteiger partial charge in [-0.2, -0.15) is 0 Å². The van der Waals surface area contributed by atoms with Gasteiger partial charge in [0.2, 0.25) is 0 Å². The van der Waals surface area contributed by atoms with Crippen molar-refractivity contribution in [3.05, 3.63) is 23.3 Å². The lowest BCUT2D eigenvalue weighted by molar-refractivity contribution is -0.858. The number of amides is 1. The molecule has 0 aliphatic carbocycles. The summed E-state index contributed by atoms with van der Waals surface area (Å²) in [6, 6.07) is 3.79. The third-order valence-electron chi connectivity index (χ3n) is 4.92. The van der Waals surface area contributed by atoms with Crippen molar-refractivity contribution >= 4 is 23.2 Å². The fourth-order valence-corrected chi connectivity index (χ4v) is 3.93.